The first-order chi connectivity index (χ1) is 12.1. The van der Waals surface area contributed by atoms with Crippen LogP contribution in [0.4, 0.5) is 0 Å². The number of hydrogen-bond acceptors (Lipinski definition) is 5. The number of carbonyl (C=O) groups excluding carboxylic acids is 1. The van der Waals surface area contributed by atoms with Crippen LogP contribution in [0.2, 0.25) is 0 Å². The van der Waals surface area contributed by atoms with E-state index in [-0.39, 0.29) is 11.3 Å². The van der Waals surface area contributed by atoms with E-state index < -0.39 is 0 Å². The van der Waals surface area contributed by atoms with Gasteiger partial charge in [0.05, 0.1) is 11.3 Å². The molecule has 0 aliphatic heterocycles. The number of thiophene rings is 1. The SMILES string of the molecule is Cc1nn2c3c4c(sc3nc2n(-c2ccccc2)c1=O)CCCC4=O. The summed E-state index contributed by atoms with van der Waals surface area (Å²) >= 11 is 1.54. The largest absolute Gasteiger partial charge is 0.294 e. The molecule has 1 aromatic carbocycles. The molecular formula is C18H14N4O2S. The van der Waals surface area contributed by atoms with Crippen molar-refractivity contribution in [3.05, 3.63) is 56.8 Å². The van der Waals surface area contributed by atoms with Gasteiger partial charge in [0.15, 0.2) is 5.78 Å². The van der Waals surface area contributed by atoms with Gasteiger partial charge in [-0.1, -0.05) is 18.2 Å². The van der Waals surface area contributed by atoms with Crippen LogP contribution in [-0.4, -0.2) is 24.9 Å². The highest BCUT2D eigenvalue weighted by molar-refractivity contribution is 7.19. The van der Waals surface area contributed by atoms with Crippen LogP contribution in [0, 0.1) is 6.92 Å². The van der Waals surface area contributed by atoms with E-state index in [2.05, 4.69) is 10.1 Å². The predicted octanol–water partition coefficient (Wildman–Crippen LogP) is 2.92. The topological polar surface area (TPSA) is 69.3 Å². The van der Waals surface area contributed by atoms with Gasteiger partial charge in [-0.15, -0.1) is 11.3 Å². The number of aromatic nitrogens is 4. The van der Waals surface area contributed by atoms with Crippen molar-refractivity contribution in [2.24, 2.45) is 0 Å². The van der Waals surface area contributed by atoms with Crippen molar-refractivity contribution in [2.75, 3.05) is 0 Å². The van der Waals surface area contributed by atoms with Crippen LogP contribution in [0.15, 0.2) is 35.1 Å². The molecule has 0 atom stereocenters. The third-order valence-electron chi connectivity index (χ3n) is 4.60. The first kappa shape index (κ1) is 14.5. The molecule has 124 valence electrons. The number of hydrogen-bond donors (Lipinski definition) is 0. The minimum atomic E-state index is -0.198. The lowest BCUT2D eigenvalue weighted by atomic mass is 9.97. The van der Waals surface area contributed by atoms with Gasteiger partial charge in [-0.05, 0) is 31.9 Å². The average Bonchev–Trinajstić information content (AvgIpc) is 3.13. The fraction of sp³-hybridized carbons (Fsp3) is 0.222. The summed E-state index contributed by atoms with van der Waals surface area (Å²) in [6, 6.07) is 9.39. The molecule has 25 heavy (non-hydrogen) atoms. The number of imidazole rings is 1. The number of fused-ring (bicyclic) bond motifs is 5. The summed E-state index contributed by atoms with van der Waals surface area (Å²) in [6.45, 7) is 1.69. The third-order valence-corrected chi connectivity index (χ3v) is 5.74. The number of nitrogens with zero attached hydrogens (tertiary/aromatic N) is 4. The van der Waals surface area contributed by atoms with Gasteiger partial charge in [0, 0.05) is 11.3 Å². The first-order valence-electron chi connectivity index (χ1n) is 8.17. The van der Waals surface area contributed by atoms with Gasteiger partial charge in [0.1, 0.15) is 16.0 Å². The number of benzene rings is 1. The van der Waals surface area contributed by atoms with Gasteiger partial charge >= 0.3 is 0 Å². The molecule has 0 saturated heterocycles. The van der Waals surface area contributed by atoms with E-state index in [0.717, 1.165) is 39.3 Å². The lowest BCUT2D eigenvalue weighted by Gasteiger charge is -2.11. The summed E-state index contributed by atoms with van der Waals surface area (Å²) in [5, 5.41) is 4.44. The summed E-state index contributed by atoms with van der Waals surface area (Å²) in [5.41, 5.74) is 2.40. The number of Topliss-reactive ketones (excluding diaryl/α,β-unsaturated/α-hetero) is 1. The zero-order valence-electron chi connectivity index (χ0n) is 13.5. The second-order valence-corrected chi connectivity index (χ2v) is 7.30. The summed E-state index contributed by atoms with van der Waals surface area (Å²) in [4.78, 5) is 31.7. The fourth-order valence-corrected chi connectivity index (χ4v) is 4.66. The van der Waals surface area contributed by atoms with Gasteiger partial charge in [-0.2, -0.15) is 14.6 Å². The van der Waals surface area contributed by atoms with Crippen molar-refractivity contribution in [3.8, 4) is 5.69 Å². The molecule has 0 saturated carbocycles. The molecule has 0 spiro atoms. The maximum atomic E-state index is 12.7. The summed E-state index contributed by atoms with van der Waals surface area (Å²) in [5.74, 6) is 0.593. The molecule has 7 heteroatoms. The molecule has 0 amide bonds. The van der Waals surface area contributed by atoms with Gasteiger partial charge in [-0.3, -0.25) is 9.59 Å². The Kier molecular flexibility index (Phi) is 2.96. The van der Waals surface area contributed by atoms with Gasteiger partial charge < -0.3 is 0 Å². The van der Waals surface area contributed by atoms with Crippen molar-refractivity contribution < 1.29 is 4.79 Å². The van der Waals surface area contributed by atoms with Crippen molar-refractivity contribution in [3.63, 3.8) is 0 Å². The summed E-state index contributed by atoms with van der Waals surface area (Å²) in [7, 11) is 0. The molecule has 6 nitrogen and oxygen atoms in total. The second-order valence-electron chi connectivity index (χ2n) is 6.22. The van der Waals surface area contributed by atoms with Crippen LogP contribution in [0.5, 0.6) is 0 Å². The Morgan fingerprint density at radius 3 is 2.72 bits per heavy atom. The van der Waals surface area contributed by atoms with Gasteiger partial charge in [0.2, 0.25) is 5.78 Å². The van der Waals surface area contributed by atoms with Crippen LogP contribution in [0.3, 0.4) is 0 Å². The molecule has 0 N–H and O–H groups in total. The number of aryl methyl sites for hydroxylation is 2. The van der Waals surface area contributed by atoms with Crippen molar-refractivity contribution in [1.29, 1.82) is 0 Å². The van der Waals surface area contributed by atoms with Crippen molar-refractivity contribution >= 4 is 33.2 Å². The Balaban J connectivity index is 1.95. The zero-order valence-corrected chi connectivity index (χ0v) is 14.3. The predicted molar refractivity (Wildman–Crippen MR) is 96.0 cm³/mol. The molecule has 1 aliphatic rings. The molecule has 0 unspecified atom stereocenters. The van der Waals surface area contributed by atoms with E-state index in [1.54, 1.807) is 16.0 Å². The smallest absolute Gasteiger partial charge is 0.281 e. The highest BCUT2D eigenvalue weighted by Gasteiger charge is 2.27. The molecular weight excluding hydrogens is 336 g/mol. The maximum absolute atomic E-state index is 12.7. The lowest BCUT2D eigenvalue weighted by molar-refractivity contribution is 0.0975. The van der Waals surface area contributed by atoms with Crippen LogP contribution in [0.25, 0.3) is 21.8 Å². The lowest BCUT2D eigenvalue weighted by Crippen LogP contribution is -2.25. The van der Waals surface area contributed by atoms with Crippen LogP contribution < -0.4 is 5.56 Å². The van der Waals surface area contributed by atoms with E-state index in [0.29, 0.717) is 17.9 Å². The molecule has 0 fully saturated rings. The minimum Gasteiger partial charge on any atom is -0.294 e. The Hall–Kier alpha value is -2.80. The fourth-order valence-electron chi connectivity index (χ4n) is 3.46. The number of para-hydroxylation sites is 1. The minimum absolute atomic E-state index is 0.145. The molecule has 0 radical (unpaired) electrons. The number of carbonyl (C=O) groups is 1. The summed E-state index contributed by atoms with van der Waals surface area (Å²) < 4.78 is 3.23. The molecule has 4 aromatic rings. The maximum Gasteiger partial charge on any atom is 0.281 e. The molecule has 3 aromatic heterocycles. The monoisotopic (exact) mass is 350 g/mol. The van der Waals surface area contributed by atoms with Crippen LogP contribution >= 0.6 is 11.3 Å². The van der Waals surface area contributed by atoms with Crippen molar-refractivity contribution in [1.82, 2.24) is 19.2 Å². The first-order valence-corrected chi connectivity index (χ1v) is 8.99. The standard InChI is InChI=1S/C18H14N4O2S/c1-10-17(24)21(11-6-3-2-4-7-11)18-19-16-15(22(18)20-10)14-12(23)8-5-9-13(14)25-16/h2-4,6-7H,5,8-9H2,1H3. The van der Waals surface area contributed by atoms with Gasteiger partial charge in [0.25, 0.3) is 5.56 Å². The third kappa shape index (κ3) is 1.96. The normalized spacial score (nSPS) is 14.4. The van der Waals surface area contributed by atoms with E-state index in [1.807, 2.05) is 30.3 Å². The van der Waals surface area contributed by atoms with E-state index in [4.69, 9.17) is 0 Å². The number of rotatable bonds is 1. The Morgan fingerprint density at radius 1 is 1.12 bits per heavy atom. The molecule has 1 aliphatic carbocycles. The average molecular weight is 350 g/mol. The summed E-state index contributed by atoms with van der Waals surface area (Å²) in [6.07, 6.45) is 2.35. The Bertz CT molecular complexity index is 1220. The zero-order chi connectivity index (χ0) is 17.1. The van der Waals surface area contributed by atoms with E-state index in [1.165, 1.54) is 11.3 Å². The second kappa shape index (κ2) is 5.10. The van der Waals surface area contributed by atoms with E-state index in [9.17, 15) is 9.59 Å². The van der Waals surface area contributed by atoms with Crippen LogP contribution in [0.1, 0.15) is 33.8 Å². The van der Waals surface area contributed by atoms with Gasteiger partial charge in [-0.25, -0.2) is 4.57 Å². The quantitative estimate of drug-likeness (QED) is 0.529. The van der Waals surface area contributed by atoms with Crippen LogP contribution in [-0.2, 0) is 6.42 Å². The van der Waals surface area contributed by atoms with Crippen molar-refractivity contribution in [2.45, 2.75) is 26.2 Å². The molecule has 5 rings (SSSR count). The highest BCUT2D eigenvalue weighted by atomic mass is 32.1. The molecule has 0 bridgehead atoms. The Labute approximate surface area is 146 Å². The van der Waals surface area contributed by atoms with E-state index >= 15 is 0 Å². The molecule has 3 heterocycles. The Morgan fingerprint density at radius 2 is 1.92 bits per heavy atom. The number of ketones is 1. The highest BCUT2D eigenvalue weighted by Crippen LogP contribution is 2.36.